The van der Waals surface area contributed by atoms with Gasteiger partial charge in [-0.05, 0) is 49.4 Å². The van der Waals surface area contributed by atoms with E-state index >= 15 is 0 Å². The van der Waals surface area contributed by atoms with Gasteiger partial charge in [0.2, 0.25) is 0 Å². The first-order valence-corrected chi connectivity index (χ1v) is 11.6. The van der Waals surface area contributed by atoms with E-state index in [9.17, 15) is 14.4 Å². The lowest BCUT2D eigenvalue weighted by molar-refractivity contribution is -0.136. The Morgan fingerprint density at radius 3 is 2.82 bits per heavy atom. The van der Waals surface area contributed by atoms with E-state index in [1.165, 1.54) is 0 Å². The van der Waals surface area contributed by atoms with E-state index in [1.807, 2.05) is 34.6 Å². The Morgan fingerprint density at radius 1 is 1.15 bits per heavy atom. The van der Waals surface area contributed by atoms with Crippen LogP contribution in [0, 0.1) is 12.8 Å². The van der Waals surface area contributed by atoms with Crippen molar-refractivity contribution in [1.29, 1.82) is 0 Å². The summed E-state index contributed by atoms with van der Waals surface area (Å²) in [5.41, 5.74) is 2.88. The molecule has 1 aromatic carbocycles. The van der Waals surface area contributed by atoms with E-state index < -0.39 is 0 Å². The Balaban J connectivity index is 1.32. The van der Waals surface area contributed by atoms with Gasteiger partial charge in [-0.1, -0.05) is 19.4 Å². The van der Waals surface area contributed by atoms with E-state index in [0.717, 1.165) is 41.5 Å². The lowest BCUT2D eigenvalue weighted by Crippen LogP contribution is -2.50. The second-order valence-corrected chi connectivity index (χ2v) is 9.19. The maximum atomic E-state index is 13.0. The maximum absolute atomic E-state index is 13.0. The van der Waals surface area contributed by atoms with Gasteiger partial charge in [-0.25, -0.2) is 4.79 Å². The van der Waals surface area contributed by atoms with Crippen molar-refractivity contribution in [2.45, 2.75) is 45.6 Å². The molecule has 0 spiro atoms. The highest BCUT2D eigenvalue weighted by Gasteiger charge is 2.36. The lowest BCUT2D eigenvalue weighted by Gasteiger charge is -2.42. The van der Waals surface area contributed by atoms with Gasteiger partial charge >= 0.3 is 5.63 Å². The lowest BCUT2D eigenvalue weighted by atomic mass is 9.83. The number of amides is 1. The minimum absolute atomic E-state index is 0.0332. The van der Waals surface area contributed by atoms with Gasteiger partial charge in [0, 0.05) is 54.3 Å². The van der Waals surface area contributed by atoms with E-state index in [2.05, 4.69) is 6.92 Å². The number of hydrogen-bond donors (Lipinski definition) is 0. The number of rotatable bonds is 5. The van der Waals surface area contributed by atoms with Gasteiger partial charge < -0.3 is 18.6 Å². The molecule has 1 fully saturated rings. The molecule has 0 unspecified atom stereocenters. The van der Waals surface area contributed by atoms with Gasteiger partial charge in [0.15, 0.2) is 6.61 Å². The minimum Gasteiger partial charge on any atom is -0.483 e. The van der Waals surface area contributed by atoms with Crippen LogP contribution in [-0.2, 0) is 17.8 Å². The van der Waals surface area contributed by atoms with Crippen molar-refractivity contribution in [3.8, 4) is 5.75 Å². The van der Waals surface area contributed by atoms with Crippen molar-refractivity contribution in [3.63, 3.8) is 0 Å². The largest absolute Gasteiger partial charge is 0.483 e. The van der Waals surface area contributed by atoms with Crippen LogP contribution in [0.2, 0.25) is 0 Å². The number of fused-ring (bicyclic) bond motifs is 5. The van der Waals surface area contributed by atoms with Crippen LogP contribution in [0.1, 0.15) is 42.5 Å². The molecule has 2 aliphatic rings. The first-order valence-electron chi connectivity index (χ1n) is 11.6. The highest BCUT2D eigenvalue weighted by Crippen LogP contribution is 2.35. The third kappa shape index (κ3) is 3.96. The molecule has 5 rings (SSSR count). The fraction of sp³-hybridized carbons (Fsp3) is 0.423. The van der Waals surface area contributed by atoms with Crippen LogP contribution in [0.15, 0.2) is 50.4 Å². The van der Waals surface area contributed by atoms with Gasteiger partial charge in [0.1, 0.15) is 11.3 Å². The molecule has 2 aliphatic heterocycles. The Labute approximate surface area is 191 Å². The van der Waals surface area contributed by atoms with Crippen molar-refractivity contribution < 1.29 is 13.9 Å². The number of pyridine rings is 1. The third-order valence-corrected chi connectivity index (χ3v) is 6.90. The summed E-state index contributed by atoms with van der Waals surface area (Å²) in [5, 5.41) is 0.908. The van der Waals surface area contributed by atoms with Crippen LogP contribution >= 0.6 is 0 Å². The number of nitrogens with zero attached hydrogens (tertiary/aromatic N) is 2. The Morgan fingerprint density at radius 2 is 2.00 bits per heavy atom. The van der Waals surface area contributed by atoms with Crippen molar-refractivity contribution in [1.82, 2.24) is 9.47 Å². The number of likely N-dealkylation sites (tertiary alicyclic amines) is 1. The van der Waals surface area contributed by atoms with Crippen LogP contribution in [0.25, 0.3) is 11.0 Å². The van der Waals surface area contributed by atoms with Crippen molar-refractivity contribution in [2.75, 3.05) is 19.7 Å². The van der Waals surface area contributed by atoms with Gasteiger partial charge in [0.05, 0.1) is 0 Å². The molecule has 0 radical (unpaired) electrons. The summed E-state index contributed by atoms with van der Waals surface area (Å²) in [6.07, 6.45) is 2.73. The molecule has 3 aromatic rings. The summed E-state index contributed by atoms with van der Waals surface area (Å²) in [7, 11) is 0. The monoisotopic (exact) mass is 448 g/mol. The fourth-order valence-corrected chi connectivity index (χ4v) is 5.37. The molecule has 0 saturated carbocycles. The molecular weight excluding hydrogens is 420 g/mol. The smallest absolute Gasteiger partial charge is 0.336 e. The third-order valence-electron chi connectivity index (χ3n) is 6.90. The maximum Gasteiger partial charge on any atom is 0.336 e. The molecule has 7 nitrogen and oxygen atoms in total. The van der Waals surface area contributed by atoms with Crippen LogP contribution in [0.4, 0.5) is 0 Å². The molecule has 0 N–H and O–H groups in total. The molecule has 1 saturated heterocycles. The minimum atomic E-state index is -0.374. The fourth-order valence-electron chi connectivity index (χ4n) is 5.37. The second-order valence-electron chi connectivity index (χ2n) is 9.19. The zero-order chi connectivity index (χ0) is 23.1. The second kappa shape index (κ2) is 8.54. The first-order chi connectivity index (χ1) is 15.9. The number of aromatic nitrogens is 1. The number of hydrogen-bond acceptors (Lipinski definition) is 5. The summed E-state index contributed by atoms with van der Waals surface area (Å²) in [5.74, 6) is 0.914. The Bertz CT molecular complexity index is 1340. The van der Waals surface area contributed by atoms with Crippen LogP contribution in [0.3, 0.4) is 0 Å². The molecule has 0 aliphatic carbocycles. The molecule has 172 valence electrons. The van der Waals surface area contributed by atoms with E-state index in [0.29, 0.717) is 31.0 Å². The van der Waals surface area contributed by atoms with Crippen LogP contribution < -0.4 is 15.9 Å². The Kier molecular flexibility index (Phi) is 5.56. The quantitative estimate of drug-likeness (QED) is 0.560. The van der Waals surface area contributed by atoms with Crippen molar-refractivity contribution in [3.05, 3.63) is 74.0 Å². The molecule has 2 aromatic heterocycles. The number of benzene rings is 1. The van der Waals surface area contributed by atoms with Gasteiger partial charge in [-0.15, -0.1) is 0 Å². The molecule has 2 atom stereocenters. The number of carbonyl (C=O) groups is 1. The normalized spacial score (nSPS) is 19.4. The van der Waals surface area contributed by atoms with Crippen molar-refractivity contribution >= 4 is 16.9 Å². The predicted molar refractivity (Wildman–Crippen MR) is 125 cm³/mol. The predicted octanol–water partition coefficient (Wildman–Crippen LogP) is 3.24. The van der Waals surface area contributed by atoms with Crippen LogP contribution in [-0.4, -0.2) is 35.1 Å². The summed E-state index contributed by atoms with van der Waals surface area (Å²) in [4.78, 5) is 39.1. The molecule has 1 amide bonds. The zero-order valence-corrected chi connectivity index (χ0v) is 19.0. The number of piperidine rings is 1. The van der Waals surface area contributed by atoms with Gasteiger partial charge in [-0.2, -0.15) is 0 Å². The Hall–Kier alpha value is -3.35. The number of carbonyl (C=O) groups excluding carboxylic acids is 1. The topological polar surface area (TPSA) is 81.8 Å². The summed E-state index contributed by atoms with van der Waals surface area (Å²) < 4.78 is 13.2. The zero-order valence-electron chi connectivity index (χ0n) is 19.0. The highest BCUT2D eigenvalue weighted by molar-refractivity contribution is 5.85. The highest BCUT2D eigenvalue weighted by atomic mass is 16.5. The van der Waals surface area contributed by atoms with E-state index in [1.54, 1.807) is 18.2 Å². The van der Waals surface area contributed by atoms with Gasteiger partial charge in [-0.3, -0.25) is 9.59 Å². The van der Waals surface area contributed by atoms with Crippen LogP contribution in [0.5, 0.6) is 5.75 Å². The van der Waals surface area contributed by atoms with E-state index in [-0.39, 0.29) is 35.5 Å². The first kappa shape index (κ1) is 21.5. The van der Waals surface area contributed by atoms with Gasteiger partial charge in [0.25, 0.3) is 11.5 Å². The van der Waals surface area contributed by atoms with E-state index in [4.69, 9.17) is 9.15 Å². The van der Waals surface area contributed by atoms with Crippen molar-refractivity contribution in [2.24, 2.45) is 5.92 Å². The summed E-state index contributed by atoms with van der Waals surface area (Å²) in [6, 6.07) is 10.7. The summed E-state index contributed by atoms with van der Waals surface area (Å²) >= 11 is 0. The molecule has 4 heterocycles. The molecular formula is C26H28N2O5. The average molecular weight is 449 g/mol. The molecule has 7 heteroatoms. The molecule has 2 bridgehead atoms. The number of aryl methyl sites for hydroxylation is 2. The standard InChI is InChI=1S/C26H28N2O5/c1-3-5-18-11-25(31)33-26-16(2)22(9-8-20(18)26)32-15-24(30)27-12-17-10-19(14-27)21-6-4-7-23(29)28(21)13-17/h4,6-9,11,17,19H,3,5,10,12-15H2,1-2H3/t17-,19+/m0/s1. The average Bonchev–Trinajstić information content (AvgIpc) is 2.79. The SMILES string of the molecule is CCCc1cc(=O)oc2c(C)c(OCC(=O)N3C[C@@H]4C[C@H](C3)c3cccc(=O)n3C4)ccc12. The number of ether oxygens (including phenoxy) is 1. The summed E-state index contributed by atoms with van der Waals surface area (Å²) in [6.45, 7) is 5.72. The molecule has 33 heavy (non-hydrogen) atoms.